The second kappa shape index (κ2) is 6.17. The fourth-order valence-electron chi connectivity index (χ4n) is 1.70. The molecule has 0 fully saturated rings. The summed E-state index contributed by atoms with van der Waals surface area (Å²) in [6.45, 7) is 3.07. The van der Waals surface area contributed by atoms with Gasteiger partial charge in [-0.15, -0.1) is 0 Å². The fourth-order valence-corrected chi connectivity index (χ4v) is 1.70. The molecule has 18 heavy (non-hydrogen) atoms. The molecule has 0 saturated carbocycles. The minimum absolute atomic E-state index is 0.457. The van der Waals surface area contributed by atoms with Gasteiger partial charge in [-0.1, -0.05) is 25.1 Å². The van der Waals surface area contributed by atoms with E-state index < -0.39 is 0 Å². The van der Waals surface area contributed by atoms with Crippen LogP contribution in [-0.4, -0.2) is 4.98 Å². The average molecular weight is 242 g/mol. The van der Waals surface area contributed by atoms with Gasteiger partial charge in [0.1, 0.15) is 12.4 Å². The van der Waals surface area contributed by atoms with E-state index in [1.54, 1.807) is 0 Å². The first-order chi connectivity index (χ1) is 8.81. The number of hydrogen-bond donors (Lipinski definition) is 1. The molecule has 1 heterocycles. The molecule has 0 bridgehead atoms. The standard InChI is InChI=1S/C15H18N2O/c1-2-12-6-8-15(9-7-12)18-11-14-5-3-4-13(10-16)17-14/h3-9H,2,10-11,16H2,1H3. The zero-order chi connectivity index (χ0) is 12.8. The quantitative estimate of drug-likeness (QED) is 0.877. The molecule has 3 heteroatoms. The Morgan fingerprint density at radius 3 is 2.44 bits per heavy atom. The van der Waals surface area contributed by atoms with Gasteiger partial charge < -0.3 is 10.5 Å². The van der Waals surface area contributed by atoms with Crippen molar-refractivity contribution in [1.82, 2.24) is 4.98 Å². The highest BCUT2D eigenvalue weighted by Crippen LogP contribution is 2.14. The molecule has 0 amide bonds. The largest absolute Gasteiger partial charge is 0.487 e. The smallest absolute Gasteiger partial charge is 0.130 e. The van der Waals surface area contributed by atoms with Crippen LogP contribution in [0, 0.1) is 0 Å². The van der Waals surface area contributed by atoms with E-state index in [9.17, 15) is 0 Å². The highest BCUT2D eigenvalue weighted by molar-refractivity contribution is 5.27. The van der Waals surface area contributed by atoms with E-state index in [-0.39, 0.29) is 0 Å². The third-order valence-electron chi connectivity index (χ3n) is 2.79. The number of nitrogens with zero attached hydrogens (tertiary/aromatic N) is 1. The molecule has 0 aliphatic heterocycles. The third kappa shape index (κ3) is 3.31. The number of aromatic nitrogens is 1. The van der Waals surface area contributed by atoms with Crippen LogP contribution in [0.3, 0.4) is 0 Å². The summed E-state index contributed by atoms with van der Waals surface area (Å²) in [5.41, 5.74) is 8.65. The normalized spacial score (nSPS) is 10.3. The summed E-state index contributed by atoms with van der Waals surface area (Å²) in [6, 6.07) is 14.0. The van der Waals surface area contributed by atoms with Gasteiger partial charge in [0.15, 0.2) is 0 Å². The fraction of sp³-hybridized carbons (Fsp3) is 0.267. The van der Waals surface area contributed by atoms with Crippen LogP contribution in [0.2, 0.25) is 0 Å². The zero-order valence-corrected chi connectivity index (χ0v) is 10.6. The van der Waals surface area contributed by atoms with Crippen LogP contribution >= 0.6 is 0 Å². The van der Waals surface area contributed by atoms with Gasteiger partial charge in [-0.25, -0.2) is 0 Å². The number of ether oxygens (including phenoxy) is 1. The Hall–Kier alpha value is -1.87. The molecule has 0 spiro atoms. The Kier molecular flexibility index (Phi) is 4.31. The Labute approximate surface area is 108 Å². The molecule has 94 valence electrons. The van der Waals surface area contributed by atoms with Crippen molar-refractivity contribution in [2.24, 2.45) is 5.73 Å². The number of rotatable bonds is 5. The summed E-state index contributed by atoms with van der Waals surface area (Å²) < 4.78 is 5.69. The molecule has 2 rings (SSSR count). The number of hydrogen-bond acceptors (Lipinski definition) is 3. The molecular weight excluding hydrogens is 224 g/mol. The summed E-state index contributed by atoms with van der Waals surface area (Å²) in [4.78, 5) is 4.39. The molecule has 0 radical (unpaired) electrons. The van der Waals surface area contributed by atoms with E-state index in [4.69, 9.17) is 10.5 Å². The Morgan fingerprint density at radius 2 is 1.78 bits per heavy atom. The third-order valence-corrected chi connectivity index (χ3v) is 2.79. The van der Waals surface area contributed by atoms with Gasteiger partial charge >= 0.3 is 0 Å². The molecule has 0 aliphatic rings. The lowest BCUT2D eigenvalue weighted by Crippen LogP contribution is -2.04. The minimum Gasteiger partial charge on any atom is -0.487 e. The van der Waals surface area contributed by atoms with E-state index in [1.165, 1.54) is 5.56 Å². The molecule has 0 atom stereocenters. The van der Waals surface area contributed by atoms with Gasteiger partial charge in [0, 0.05) is 6.54 Å². The molecule has 1 aromatic heterocycles. The Bertz CT molecular complexity index is 494. The van der Waals surface area contributed by atoms with Crippen LogP contribution in [0.4, 0.5) is 0 Å². The molecule has 2 N–H and O–H groups in total. The van der Waals surface area contributed by atoms with Crippen molar-refractivity contribution in [1.29, 1.82) is 0 Å². The lowest BCUT2D eigenvalue weighted by Gasteiger charge is -2.07. The summed E-state index contributed by atoms with van der Waals surface area (Å²) in [7, 11) is 0. The molecule has 0 saturated heterocycles. The van der Waals surface area contributed by atoms with Gasteiger partial charge in [-0.05, 0) is 36.2 Å². The van der Waals surface area contributed by atoms with Gasteiger partial charge in [0.2, 0.25) is 0 Å². The van der Waals surface area contributed by atoms with Gasteiger partial charge in [0.25, 0.3) is 0 Å². The summed E-state index contributed by atoms with van der Waals surface area (Å²) in [6.07, 6.45) is 1.04. The van der Waals surface area contributed by atoms with E-state index in [2.05, 4.69) is 24.0 Å². The number of pyridine rings is 1. The van der Waals surface area contributed by atoms with Crippen molar-refractivity contribution in [2.45, 2.75) is 26.5 Å². The van der Waals surface area contributed by atoms with E-state index in [0.717, 1.165) is 23.6 Å². The van der Waals surface area contributed by atoms with Crippen LogP contribution in [-0.2, 0) is 19.6 Å². The summed E-state index contributed by atoms with van der Waals surface area (Å²) in [5, 5.41) is 0. The number of benzene rings is 1. The first-order valence-electron chi connectivity index (χ1n) is 6.18. The second-order valence-electron chi connectivity index (χ2n) is 4.11. The maximum absolute atomic E-state index is 5.69. The van der Waals surface area contributed by atoms with Crippen LogP contribution in [0.25, 0.3) is 0 Å². The molecule has 0 aliphatic carbocycles. The van der Waals surface area contributed by atoms with Crippen LogP contribution in [0.1, 0.15) is 23.9 Å². The molecular formula is C15H18N2O. The predicted octanol–water partition coefficient (Wildman–Crippen LogP) is 2.68. The summed E-state index contributed by atoms with van der Waals surface area (Å²) >= 11 is 0. The summed E-state index contributed by atoms with van der Waals surface area (Å²) in [5.74, 6) is 0.868. The Balaban J connectivity index is 1.97. The van der Waals surface area contributed by atoms with Gasteiger partial charge in [0.05, 0.1) is 11.4 Å². The maximum atomic E-state index is 5.69. The van der Waals surface area contributed by atoms with Gasteiger partial charge in [-0.2, -0.15) is 0 Å². The predicted molar refractivity (Wildman–Crippen MR) is 72.3 cm³/mol. The van der Waals surface area contributed by atoms with E-state index in [0.29, 0.717) is 13.2 Å². The van der Waals surface area contributed by atoms with Gasteiger partial charge in [-0.3, -0.25) is 4.98 Å². The topological polar surface area (TPSA) is 48.1 Å². The van der Waals surface area contributed by atoms with Crippen molar-refractivity contribution in [3.63, 3.8) is 0 Å². The zero-order valence-electron chi connectivity index (χ0n) is 10.6. The first kappa shape index (κ1) is 12.6. The monoisotopic (exact) mass is 242 g/mol. The Morgan fingerprint density at radius 1 is 1.06 bits per heavy atom. The van der Waals surface area contributed by atoms with Crippen LogP contribution in [0.5, 0.6) is 5.75 Å². The van der Waals surface area contributed by atoms with Crippen molar-refractivity contribution < 1.29 is 4.74 Å². The SMILES string of the molecule is CCc1ccc(OCc2cccc(CN)n2)cc1. The van der Waals surface area contributed by atoms with Crippen molar-refractivity contribution in [3.05, 3.63) is 59.4 Å². The minimum atomic E-state index is 0.457. The highest BCUT2D eigenvalue weighted by Gasteiger charge is 1.99. The first-order valence-corrected chi connectivity index (χ1v) is 6.18. The molecule has 3 nitrogen and oxygen atoms in total. The van der Waals surface area contributed by atoms with Crippen molar-refractivity contribution >= 4 is 0 Å². The average Bonchev–Trinajstić information content (AvgIpc) is 2.46. The lowest BCUT2D eigenvalue weighted by atomic mass is 10.2. The second-order valence-corrected chi connectivity index (χ2v) is 4.11. The van der Waals surface area contributed by atoms with Crippen molar-refractivity contribution in [3.8, 4) is 5.75 Å². The number of aryl methyl sites for hydroxylation is 1. The molecule has 1 aromatic carbocycles. The highest BCUT2D eigenvalue weighted by atomic mass is 16.5. The van der Waals surface area contributed by atoms with E-state index in [1.807, 2.05) is 30.3 Å². The van der Waals surface area contributed by atoms with Crippen LogP contribution in [0.15, 0.2) is 42.5 Å². The molecule has 2 aromatic rings. The van der Waals surface area contributed by atoms with E-state index >= 15 is 0 Å². The van der Waals surface area contributed by atoms with Crippen molar-refractivity contribution in [2.75, 3.05) is 0 Å². The van der Waals surface area contributed by atoms with Crippen LogP contribution < -0.4 is 10.5 Å². The maximum Gasteiger partial charge on any atom is 0.130 e. The lowest BCUT2D eigenvalue weighted by molar-refractivity contribution is 0.301. The molecule has 0 unspecified atom stereocenters. The number of nitrogens with two attached hydrogens (primary N) is 1.